The highest BCUT2D eigenvalue weighted by Gasteiger charge is 2.04. The fourth-order valence-electron chi connectivity index (χ4n) is 1.96. The van der Waals surface area contributed by atoms with Gasteiger partial charge in [-0.3, -0.25) is 0 Å². The number of benzene rings is 1. The smallest absolute Gasteiger partial charge is 0.149 e. The van der Waals surface area contributed by atoms with Crippen LogP contribution < -0.4 is 11.1 Å². The molecule has 0 radical (unpaired) electrons. The van der Waals surface area contributed by atoms with Gasteiger partial charge < -0.3 is 11.1 Å². The number of aryl methyl sites for hydroxylation is 2. The third-order valence-electron chi connectivity index (χ3n) is 3.15. The predicted octanol–water partition coefficient (Wildman–Crippen LogP) is 3.15. The van der Waals surface area contributed by atoms with Gasteiger partial charge in [-0.2, -0.15) is 0 Å². The van der Waals surface area contributed by atoms with Crippen molar-refractivity contribution in [1.82, 2.24) is 4.98 Å². The van der Waals surface area contributed by atoms with E-state index in [-0.39, 0.29) is 0 Å². The van der Waals surface area contributed by atoms with Crippen molar-refractivity contribution in [2.75, 3.05) is 11.1 Å². The van der Waals surface area contributed by atoms with Crippen LogP contribution in [0.5, 0.6) is 0 Å². The van der Waals surface area contributed by atoms with E-state index in [0.29, 0.717) is 0 Å². The molecule has 0 fully saturated rings. The number of hydrogen-bond donors (Lipinski definition) is 2. The molecule has 0 aliphatic rings. The molecular weight excluding hydrogens is 222 g/mol. The maximum absolute atomic E-state index is 5.99. The summed E-state index contributed by atoms with van der Waals surface area (Å²) in [6.45, 7) is 4.91. The Morgan fingerprint density at radius 3 is 2.61 bits per heavy atom. The lowest BCUT2D eigenvalue weighted by molar-refractivity contribution is 1.03. The van der Waals surface area contributed by atoms with Gasteiger partial charge in [0.1, 0.15) is 5.82 Å². The van der Waals surface area contributed by atoms with Gasteiger partial charge in [0, 0.05) is 12.7 Å². The summed E-state index contributed by atoms with van der Waals surface area (Å²) in [6, 6.07) is 10.3. The van der Waals surface area contributed by atoms with Crippen LogP contribution in [-0.2, 0) is 13.0 Å². The van der Waals surface area contributed by atoms with Gasteiger partial charge in [-0.1, -0.05) is 31.2 Å². The molecule has 1 aromatic heterocycles. The van der Waals surface area contributed by atoms with Crippen LogP contribution in [0.4, 0.5) is 11.5 Å². The maximum Gasteiger partial charge on any atom is 0.149 e. The number of nitrogens with two attached hydrogens (primary N) is 1. The number of nitrogens with one attached hydrogen (secondary N) is 1. The summed E-state index contributed by atoms with van der Waals surface area (Å²) in [5, 5.41) is 3.31. The molecule has 2 aromatic rings. The fraction of sp³-hybridized carbons (Fsp3) is 0.267. The molecule has 0 unspecified atom stereocenters. The molecule has 0 saturated carbocycles. The molecule has 0 aliphatic heterocycles. The molecule has 0 atom stereocenters. The summed E-state index contributed by atoms with van der Waals surface area (Å²) in [5.74, 6) is 0.765. The molecule has 1 aromatic carbocycles. The molecule has 0 spiro atoms. The number of rotatable bonds is 4. The van der Waals surface area contributed by atoms with Crippen molar-refractivity contribution in [2.24, 2.45) is 0 Å². The summed E-state index contributed by atoms with van der Waals surface area (Å²) >= 11 is 0. The highest BCUT2D eigenvalue weighted by Crippen LogP contribution is 2.20. The van der Waals surface area contributed by atoms with E-state index in [1.165, 1.54) is 11.1 Å². The third kappa shape index (κ3) is 2.62. The van der Waals surface area contributed by atoms with Gasteiger partial charge in [0.15, 0.2) is 0 Å². The van der Waals surface area contributed by atoms with E-state index in [1.54, 1.807) is 6.20 Å². The van der Waals surface area contributed by atoms with Crippen LogP contribution in [0, 0.1) is 6.92 Å². The van der Waals surface area contributed by atoms with Crippen molar-refractivity contribution >= 4 is 11.5 Å². The lowest BCUT2D eigenvalue weighted by Gasteiger charge is -2.12. The topological polar surface area (TPSA) is 50.9 Å². The second-order valence-corrected chi connectivity index (χ2v) is 4.37. The number of hydrogen-bond acceptors (Lipinski definition) is 3. The summed E-state index contributed by atoms with van der Waals surface area (Å²) < 4.78 is 0. The third-order valence-corrected chi connectivity index (χ3v) is 3.15. The van der Waals surface area contributed by atoms with Crippen molar-refractivity contribution in [3.8, 4) is 0 Å². The van der Waals surface area contributed by atoms with Crippen LogP contribution in [0.1, 0.15) is 23.6 Å². The predicted molar refractivity (Wildman–Crippen MR) is 76.5 cm³/mol. The lowest BCUT2D eigenvalue weighted by Crippen LogP contribution is -2.07. The highest BCUT2D eigenvalue weighted by molar-refractivity contribution is 5.65. The van der Waals surface area contributed by atoms with Gasteiger partial charge in [-0.15, -0.1) is 0 Å². The molecule has 3 N–H and O–H groups in total. The molecule has 1 heterocycles. The minimum Gasteiger partial charge on any atom is -0.396 e. The SMILES string of the molecule is CCc1ccccc1CNc1nccc(C)c1N. The number of anilines is 2. The Morgan fingerprint density at radius 1 is 1.17 bits per heavy atom. The molecular formula is C15H19N3. The Hall–Kier alpha value is -2.03. The Balaban J connectivity index is 2.14. The van der Waals surface area contributed by atoms with Gasteiger partial charge in [-0.25, -0.2) is 4.98 Å². The van der Waals surface area contributed by atoms with E-state index in [2.05, 4.69) is 41.5 Å². The zero-order valence-electron chi connectivity index (χ0n) is 10.9. The minimum atomic E-state index is 0.728. The van der Waals surface area contributed by atoms with Crippen molar-refractivity contribution < 1.29 is 0 Å². The molecule has 0 saturated heterocycles. The standard InChI is InChI=1S/C15H19N3/c1-3-12-6-4-5-7-13(12)10-18-15-14(16)11(2)8-9-17-15/h4-9H,3,10,16H2,1-2H3,(H,17,18). The summed E-state index contributed by atoms with van der Waals surface area (Å²) in [5.41, 5.74) is 10.4. The summed E-state index contributed by atoms with van der Waals surface area (Å²) in [4.78, 5) is 4.27. The van der Waals surface area contributed by atoms with E-state index < -0.39 is 0 Å². The monoisotopic (exact) mass is 241 g/mol. The first-order valence-corrected chi connectivity index (χ1v) is 6.24. The van der Waals surface area contributed by atoms with Crippen LogP contribution in [-0.4, -0.2) is 4.98 Å². The lowest BCUT2D eigenvalue weighted by atomic mass is 10.1. The summed E-state index contributed by atoms with van der Waals surface area (Å²) in [6.07, 6.45) is 2.81. The maximum atomic E-state index is 5.99. The van der Waals surface area contributed by atoms with Crippen molar-refractivity contribution in [3.63, 3.8) is 0 Å². The average Bonchev–Trinajstić information content (AvgIpc) is 2.41. The van der Waals surface area contributed by atoms with Gasteiger partial charge in [-0.05, 0) is 36.1 Å². The molecule has 3 heteroatoms. The van der Waals surface area contributed by atoms with Crippen molar-refractivity contribution in [3.05, 3.63) is 53.2 Å². The number of nitrogen functional groups attached to an aromatic ring is 1. The van der Waals surface area contributed by atoms with Crippen LogP contribution in [0.15, 0.2) is 36.5 Å². The molecule has 3 nitrogen and oxygen atoms in total. The first-order chi connectivity index (χ1) is 8.72. The number of nitrogens with zero attached hydrogens (tertiary/aromatic N) is 1. The largest absolute Gasteiger partial charge is 0.396 e. The second-order valence-electron chi connectivity index (χ2n) is 4.37. The van der Waals surface area contributed by atoms with Gasteiger partial charge in [0.25, 0.3) is 0 Å². The fourth-order valence-corrected chi connectivity index (χ4v) is 1.96. The zero-order valence-corrected chi connectivity index (χ0v) is 10.9. The van der Waals surface area contributed by atoms with Crippen molar-refractivity contribution in [1.29, 1.82) is 0 Å². The molecule has 0 amide bonds. The summed E-state index contributed by atoms with van der Waals surface area (Å²) in [7, 11) is 0. The molecule has 18 heavy (non-hydrogen) atoms. The van der Waals surface area contributed by atoms with Crippen LogP contribution in [0.3, 0.4) is 0 Å². The first kappa shape index (κ1) is 12.4. The van der Waals surface area contributed by atoms with E-state index >= 15 is 0 Å². The first-order valence-electron chi connectivity index (χ1n) is 6.24. The highest BCUT2D eigenvalue weighted by atomic mass is 15.0. The molecule has 0 bridgehead atoms. The normalized spacial score (nSPS) is 10.3. The second kappa shape index (κ2) is 5.54. The van der Waals surface area contributed by atoms with E-state index in [4.69, 9.17) is 5.73 Å². The minimum absolute atomic E-state index is 0.728. The van der Waals surface area contributed by atoms with Gasteiger partial charge >= 0.3 is 0 Å². The van der Waals surface area contributed by atoms with Crippen molar-refractivity contribution in [2.45, 2.75) is 26.8 Å². The van der Waals surface area contributed by atoms with Gasteiger partial charge in [0.2, 0.25) is 0 Å². The Morgan fingerprint density at radius 2 is 1.89 bits per heavy atom. The Bertz CT molecular complexity index is 535. The molecule has 94 valence electrons. The van der Waals surface area contributed by atoms with Crippen LogP contribution in [0.25, 0.3) is 0 Å². The zero-order chi connectivity index (χ0) is 13.0. The number of pyridine rings is 1. The molecule has 0 aliphatic carbocycles. The number of aromatic nitrogens is 1. The Kier molecular flexibility index (Phi) is 3.82. The average molecular weight is 241 g/mol. The van der Waals surface area contributed by atoms with Gasteiger partial charge in [0.05, 0.1) is 5.69 Å². The van der Waals surface area contributed by atoms with Crippen LogP contribution in [0.2, 0.25) is 0 Å². The molecule has 2 rings (SSSR count). The van der Waals surface area contributed by atoms with E-state index in [9.17, 15) is 0 Å². The quantitative estimate of drug-likeness (QED) is 0.864. The van der Waals surface area contributed by atoms with Crippen LogP contribution >= 0.6 is 0 Å². The Labute approximate surface area is 108 Å². The van der Waals surface area contributed by atoms with E-state index in [1.807, 2.05) is 13.0 Å². The van der Waals surface area contributed by atoms with E-state index in [0.717, 1.165) is 30.0 Å².